The predicted octanol–water partition coefficient (Wildman–Crippen LogP) is 1.77. The molecule has 3 N–H and O–H groups in total. The highest BCUT2D eigenvalue weighted by Crippen LogP contribution is 2.22. The fourth-order valence-electron chi connectivity index (χ4n) is 2.11. The van der Waals surface area contributed by atoms with E-state index < -0.39 is 21.7 Å². The fourth-order valence-corrected chi connectivity index (χ4v) is 2.11. The molecule has 0 aromatic heterocycles. The molecule has 0 saturated carbocycles. The van der Waals surface area contributed by atoms with Crippen LogP contribution in [0.4, 0.5) is 17.1 Å². The van der Waals surface area contributed by atoms with Crippen LogP contribution in [0.2, 0.25) is 0 Å². The van der Waals surface area contributed by atoms with Crippen molar-refractivity contribution in [2.24, 2.45) is 0 Å². The van der Waals surface area contributed by atoms with Gasteiger partial charge >= 0.3 is 0 Å². The maximum absolute atomic E-state index is 11.9. The average Bonchev–Trinajstić information content (AvgIpc) is 2.66. The van der Waals surface area contributed by atoms with E-state index in [9.17, 15) is 29.8 Å². The molecule has 140 valence electrons. The van der Waals surface area contributed by atoms with Gasteiger partial charge in [-0.3, -0.25) is 40.7 Å². The lowest BCUT2D eigenvalue weighted by molar-refractivity contribution is -0.384. The van der Waals surface area contributed by atoms with Crippen molar-refractivity contribution in [3.63, 3.8) is 0 Å². The SMILES string of the molecule is O=C(CCNc1ccccc1[N+](=O)[O-])NNC(=O)c1cccc([N+](=O)[O-])c1. The molecule has 0 unspecified atom stereocenters. The van der Waals surface area contributed by atoms with Crippen LogP contribution in [0.1, 0.15) is 16.8 Å². The lowest BCUT2D eigenvalue weighted by Gasteiger charge is -2.09. The van der Waals surface area contributed by atoms with Crippen molar-refractivity contribution in [3.05, 3.63) is 74.3 Å². The first-order valence-electron chi connectivity index (χ1n) is 7.69. The lowest BCUT2D eigenvalue weighted by atomic mass is 10.2. The third kappa shape index (κ3) is 5.49. The van der Waals surface area contributed by atoms with Gasteiger partial charge in [0.15, 0.2) is 0 Å². The summed E-state index contributed by atoms with van der Waals surface area (Å²) in [6.45, 7) is 0.101. The number of nitro benzene ring substituents is 2. The zero-order valence-electron chi connectivity index (χ0n) is 13.9. The van der Waals surface area contributed by atoms with Gasteiger partial charge in [-0.25, -0.2) is 0 Å². The summed E-state index contributed by atoms with van der Waals surface area (Å²) >= 11 is 0. The number of nitrogens with zero attached hydrogens (tertiary/aromatic N) is 2. The van der Waals surface area contributed by atoms with Gasteiger partial charge in [-0.1, -0.05) is 18.2 Å². The molecule has 0 fully saturated rings. The summed E-state index contributed by atoms with van der Waals surface area (Å²) in [4.78, 5) is 44.1. The highest BCUT2D eigenvalue weighted by atomic mass is 16.6. The second kappa shape index (κ2) is 8.89. The van der Waals surface area contributed by atoms with Gasteiger partial charge in [-0.15, -0.1) is 0 Å². The first-order valence-corrected chi connectivity index (χ1v) is 7.69. The van der Waals surface area contributed by atoms with Crippen LogP contribution >= 0.6 is 0 Å². The van der Waals surface area contributed by atoms with Crippen LogP contribution in [0.15, 0.2) is 48.5 Å². The minimum Gasteiger partial charge on any atom is -0.379 e. The van der Waals surface area contributed by atoms with Crippen molar-refractivity contribution in [1.82, 2.24) is 10.9 Å². The van der Waals surface area contributed by atoms with Crippen molar-refractivity contribution in [2.45, 2.75) is 6.42 Å². The van der Waals surface area contributed by atoms with Crippen molar-refractivity contribution in [3.8, 4) is 0 Å². The van der Waals surface area contributed by atoms with Crippen LogP contribution in [-0.2, 0) is 4.79 Å². The molecule has 11 nitrogen and oxygen atoms in total. The van der Waals surface area contributed by atoms with E-state index in [4.69, 9.17) is 0 Å². The normalized spacial score (nSPS) is 9.93. The molecular formula is C16H15N5O6. The summed E-state index contributed by atoms with van der Waals surface area (Å²) in [5, 5.41) is 24.4. The Morgan fingerprint density at radius 3 is 2.37 bits per heavy atom. The first kappa shape index (κ1) is 19.3. The molecule has 0 saturated heterocycles. The van der Waals surface area contributed by atoms with E-state index >= 15 is 0 Å². The van der Waals surface area contributed by atoms with E-state index in [1.165, 1.54) is 36.4 Å². The molecular weight excluding hydrogens is 358 g/mol. The number of nitro groups is 2. The molecule has 0 bridgehead atoms. The molecule has 0 radical (unpaired) electrons. The number of carbonyl (C=O) groups is 2. The molecule has 27 heavy (non-hydrogen) atoms. The van der Waals surface area contributed by atoms with Crippen molar-refractivity contribution in [2.75, 3.05) is 11.9 Å². The minimum absolute atomic E-state index is 0.0162. The number of benzene rings is 2. The second-order valence-corrected chi connectivity index (χ2v) is 5.26. The Kier molecular flexibility index (Phi) is 6.36. The standard InChI is InChI=1S/C16H15N5O6/c22-15(8-9-17-13-6-1-2-7-14(13)21(26)27)18-19-16(23)11-4-3-5-12(10-11)20(24)25/h1-7,10,17H,8-9H2,(H,18,22)(H,19,23). The van der Waals surface area contributed by atoms with Crippen molar-refractivity contribution >= 4 is 28.9 Å². The van der Waals surface area contributed by atoms with Crippen LogP contribution in [0.25, 0.3) is 0 Å². The molecule has 11 heteroatoms. The zero-order chi connectivity index (χ0) is 19.8. The van der Waals surface area contributed by atoms with Gasteiger partial charge in [0.2, 0.25) is 5.91 Å². The van der Waals surface area contributed by atoms with E-state index in [0.717, 1.165) is 6.07 Å². The van der Waals surface area contributed by atoms with E-state index in [0.29, 0.717) is 0 Å². The summed E-state index contributed by atoms with van der Waals surface area (Å²) < 4.78 is 0. The highest BCUT2D eigenvalue weighted by molar-refractivity contribution is 5.95. The molecule has 0 aliphatic heterocycles. The first-order chi connectivity index (χ1) is 12.9. The molecule has 0 atom stereocenters. The molecule has 2 rings (SSSR count). The van der Waals surface area contributed by atoms with Gasteiger partial charge in [-0.05, 0) is 12.1 Å². The van der Waals surface area contributed by atoms with Crippen molar-refractivity contribution < 1.29 is 19.4 Å². The van der Waals surface area contributed by atoms with E-state index in [1.54, 1.807) is 6.07 Å². The number of non-ortho nitro benzene ring substituents is 1. The maximum atomic E-state index is 11.9. The smallest absolute Gasteiger partial charge is 0.292 e. The summed E-state index contributed by atoms with van der Waals surface area (Å²) in [5.41, 5.74) is 4.25. The van der Waals surface area contributed by atoms with Crippen LogP contribution in [-0.4, -0.2) is 28.2 Å². The Labute approximate surface area is 152 Å². The van der Waals surface area contributed by atoms with Gasteiger partial charge in [0.25, 0.3) is 17.3 Å². The molecule has 0 spiro atoms. The molecule has 2 amide bonds. The van der Waals surface area contributed by atoms with Gasteiger partial charge < -0.3 is 5.32 Å². The number of amides is 2. The van der Waals surface area contributed by atoms with Crippen LogP contribution in [0.3, 0.4) is 0 Å². The van der Waals surface area contributed by atoms with Crippen LogP contribution in [0, 0.1) is 20.2 Å². The third-order valence-corrected chi connectivity index (χ3v) is 3.40. The number of carbonyl (C=O) groups excluding carboxylic acids is 2. The van der Waals surface area contributed by atoms with E-state index in [-0.39, 0.29) is 35.6 Å². The number of hydrazine groups is 1. The second-order valence-electron chi connectivity index (χ2n) is 5.26. The van der Waals surface area contributed by atoms with E-state index in [1.807, 2.05) is 0 Å². The minimum atomic E-state index is -0.710. The lowest BCUT2D eigenvalue weighted by Crippen LogP contribution is -2.42. The molecule has 0 heterocycles. The van der Waals surface area contributed by atoms with Crippen molar-refractivity contribution in [1.29, 1.82) is 0 Å². The predicted molar refractivity (Wildman–Crippen MR) is 94.9 cm³/mol. The monoisotopic (exact) mass is 373 g/mol. The molecule has 2 aromatic rings. The number of anilines is 1. The number of rotatable bonds is 7. The highest BCUT2D eigenvalue weighted by Gasteiger charge is 2.13. The number of hydrogen-bond acceptors (Lipinski definition) is 7. The third-order valence-electron chi connectivity index (χ3n) is 3.40. The van der Waals surface area contributed by atoms with Crippen LogP contribution < -0.4 is 16.2 Å². The van der Waals surface area contributed by atoms with Crippen LogP contribution in [0.5, 0.6) is 0 Å². The Hall–Kier alpha value is -4.02. The maximum Gasteiger partial charge on any atom is 0.292 e. The number of hydrogen-bond donors (Lipinski definition) is 3. The topological polar surface area (TPSA) is 157 Å². The van der Waals surface area contributed by atoms with Gasteiger partial charge in [0.1, 0.15) is 5.69 Å². The fraction of sp³-hybridized carbons (Fsp3) is 0.125. The molecule has 2 aromatic carbocycles. The van der Waals surface area contributed by atoms with Gasteiger partial charge in [0.05, 0.1) is 9.85 Å². The Morgan fingerprint density at radius 2 is 1.67 bits per heavy atom. The van der Waals surface area contributed by atoms with Gasteiger partial charge in [-0.2, -0.15) is 0 Å². The zero-order valence-corrected chi connectivity index (χ0v) is 13.9. The number of para-hydroxylation sites is 2. The molecule has 0 aliphatic rings. The summed E-state index contributed by atoms with van der Waals surface area (Å²) in [6.07, 6.45) is -0.0682. The molecule has 0 aliphatic carbocycles. The largest absolute Gasteiger partial charge is 0.379 e. The summed E-state index contributed by atoms with van der Waals surface area (Å²) in [6, 6.07) is 11.0. The number of nitrogens with one attached hydrogen (secondary N) is 3. The Morgan fingerprint density at radius 1 is 0.926 bits per heavy atom. The van der Waals surface area contributed by atoms with E-state index in [2.05, 4.69) is 16.2 Å². The summed E-state index contributed by atoms with van der Waals surface area (Å²) in [7, 11) is 0. The Balaban J connectivity index is 1.81. The Bertz CT molecular complexity index is 885. The van der Waals surface area contributed by atoms with Gasteiger partial charge in [0, 0.05) is 36.7 Å². The quantitative estimate of drug-likeness (QED) is 0.493. The summed E-state index contributed by atoms with van der Waals surface area (Å²) in [5.74, 6) is -1.25. The average molecular weight is 373 g/mol.